The molecule has 2 aliphatic rings. The summed E-state index contributed by atoms with van der Waals surface area (Å²) < 4.78 is 20.7. The highest BCUT2D eigenvalue weighted by molar-refractivity contribution is 7.18. The first-order valence-electron chi connectivity index (χ1n) is 12.5. The highest BCUT2D eigenvalue weighted by Gasteiger charge is 2.33. The third-order valence-corrected chi connectivity index (χ3v) is 7.52. The number of carbonyl (C=O) groups excluding carboxylic acids is 3. The van der Waals surface area contributed by atoms with Gasteiger partial charge in [-0.05, 0) is 55.0 Å². The fourth-order valence-corrected chi connectivity index (χ4v) is 5.27. The van der Waals surface area contributed by atoms with Gasteiger partial charge >= 0.3 is 0 Å². The van der Waals surface area contributed by atoms with E-state index in [1.165, 1.54) is 28.4 Å². The monoisotopic (exact) mass is 550 g/mol. The molecule has 1 saturated heterocycles. The van der Waals surface area contributed by atoms with Crippen LogP contribution in [0, 0.1) is 17.7 Å². The average Bonchev–Trinajstić information content (AvgIpc) is 3.56. The Hall–Kier alpha value is -2.53. The second kappa shape index (κ2) is 12.3. The van der Waals surface area contributed by atoms with Gasteiger partial charge in [-0.3, -0.25) is 19.3 Å². The molecular formula is C26H32ClFN4O4S. The number of thiophene rings is 1. The molecule has 1 aliphatic heterocycles. The summed E-state index contributed by atoms with van der Waals surface area (Å²) in [6, 6.07) is 6.91. The maximum absolute atomic E-state index is 15.0. The SMILES string of the molecule is CC(C)CN(CC1CC1)[C@@H](CNC(=O)c1ccc(Cl)s1)C(=O)Nc1ccc(N2CCOCC2=O)cc1F. The second-order valence-electron chi connectivity index (χ2n) is 9.87. The summed E-state index contributed by atoms with van der Waals surface area (Å²) in [4.78, 5) is 42.3. The zero-order chi connectivity index (χ0) is 26.5. The maximum Gasteiger partial charge on any atom is 0.261 e. The molecule has 0 unspecified atom stereocenters. The number of morpholine rings is 1. The molecule has 11 heteroatoms. The number of benzene rings is 1. The van der Waals surface area contributed by atoms with E-state index in [0.717, 1.165) is 19.4 Å². The van der Waals surface area contributed by atoms with Gasteiger partial charge in [0.25, 0.3) is 11.8 Å². The van der Waals surface area contributed by atoms with Crippen LogP contribution in [-0.4, -0.2) is 68.1 Å². The lowest BCUT2D eigenvalue weighted by atomic mass is 10.1. The van der Waals surface area contributed by atoms with E-state index >= 15 is 4.39 Å². The Morgan fingerprint density at radius 2 is 2.05 bits per heavy atom. The fraction of sp³-hybridized carbons (Fsp3) is 0.500. The number of hydrogen-bond donors (Lipinski definition) is 2. The van der Waals surface area contributed by atoms with E-state index in [9.17, 15) is 14.4 Å². The van der Waals surface area contributed by atoms with E-state index in [0.29, 0.717) is 46.4 Å². The zero-order valence-electron chi connectivity index (χ0n) is 21.0. The summed E-state index contributed by atoms with van der Waals surface area (Å²) in [6.45, 7) is 6.29. The molecule has 200 valence electrons. The van der Waals surface area contributed by atoms with Crippen molar-refractivity contribution in [3.8, 4) is 0 Å². The van der Waals surface area contributed by atoms with Crippen LogP contribution < -0.4 is 15.5 Å². The minimum Gasteiger partial charge on any atom is -0.370 e. The van der Waals surface area contributed by atoms with Gasteiger partial charge in [-0.25, -0.2) is 4.39 Å². The molecule has 37 heavy (non-hydrogen) atoms. The molecular weight excluding hydrogens is 519 g/mol. The highest BCUT2D eigenvalue weighted by atomic mass is 35.5. The lowest BCUT2D eigenvalue weighted by Gasteiger charge is -2.32. The Bertz CT molecular complexity index is 1140. The molecule has 0 bridgehead atoms. The van der Waals surface area contributed by atoms with Gasteiger partial charge in [0.1, 0.15) is 18.5 Å². The second-order valence-corrected chi connectivity index (χ2v) is 11.6. The van der Waals surface area contributed by atoms with Crippen molar-refractivity contribution in [1.29, 1.82) is 0 Å². The van der Waals surface area contributed by atoms with Crippen LogP contribution in [0.2, 0.25) is 4.34 Å². The molecule has 1 saturated carbocycles. The van der Waals surface area contributed by atoms with Crippen molar-refractivity contribution in [3.63, 3.8) is 0 Å². The van der Waals surface area contributed by atoms with Crippen molar-refractivity contribution in [3.05, 3.63) is 45.4 Å². The van der Waals surface area contributed by atoms with Crippen molar-refractivity contribution in [2.45, 2.75) is 32.7 Å². The van der Waals surface area contributed by atoms with E-state index in [2.05, 4.69) is 29.4 Å². The Morgan fingerprint density at radius 3 is 2.68 bits per heavy atom. The quantitative estimate of drug-likeness (QED) is 0.441. The molecule has 8 nitrogen and oxygen atoms in total. The number of ether oxygens (including phenoxy) is 1. The number of anilines is 2. The first-order chi connectivity index (χ1) is 17.7. The van der Waals surface area contributed by atoms with Crippen molar-refractivity contribution in [1.82, 2.24) is 10.2 Å². The van der Waals surface area contributed by atoms with Gasteiger partial charge in [-0.2, -0.15) is 0 Å². The van der Waals surface area contributed by atoms with Crippen molar-refractivity contribution >= 4 is 52.0 Å². The summed E-state index contributed by atoms with van der Waals surface area (Å²) in [5.74, 6) is -0.782. The fourth-order valence-electron chi connectivity index (χ4n) is 4.31. The third kappa shape index (κ3) is 7.50. The molecule has 3 amide bonds. The van der Waals surface area contributed by atoms with Crippen LogP contribution in [0.4, 0.5) is 15.8 Å². The number of halogens is 2. The molecule has 2 aromatic rings. The number of hydrogen-bond acceptors (Lipinski definition) is 6. The van der Waals surface area contributed by atoms with Crippen LogP contribution in [0.5, 0.6) is 0 Å². The highest BCUT2D eigenvalue weighted by Crippen LogP contribution is 2.31. The zero-order valence-corrected chi connectivity index (χ0v) is 22.5. The van der Waals surface area contributed by atoms with Crippen LogP contribution in [0.15, 0.2) is 30.3 Å². The predicted molar refractivity (Wildman–Crippen MR) is 143 cm³/mol. The first kappa shape index (κ1) is 27.5. The Labute approximate surface area is 225 Å². The van der Waals surface area contributed by atoms with E-state index < -0.39 is 17.8 Å². The Morgan fingerprint density at radius 1 is 1.27 bits per heavy atom. The topological polar surface area (TPSA) is 91.0 Å². The number of nitrogens with one attached hydrogen (secondary N) is 2. The largest absolute Gasteiger partial charge is 0.370 e. The molecule has 1 atom stereocenters. The molecule has 2 fully saturated rings. The number of rotatable bonds is 11. The van der Waals surface area contributed by atoms with Crippen molar-refractivity contribution in [2.75, 3.05) is 49.6 Å². The van der Waals surface area contributed by atoms with Gasteiger partial charge in [0.05, 0.1) is 21.5 Å². The summed E-state index contributed by atoms with van der Waals surface area (Å²) in [5, 5.41) is 5.57. The first-order valence-corrected chi connectivity index (χ1v) is 13.7. The predicted octanol–water partition coefficient (Wildman–Crippen LogP) is 4.01. The molecule has 1 aliphatic carbocycles. The van der Waals surface area contributed by atoms with Crippen LogP contribution in [0.25, 0.3) is 0 Å². The average molecular weight is 551 g/mol. The smallest absolute Gasteiger partial charge is 0.261 e. The van der Waals surface area contributed by atoms with Gasteiger partial charge in [0, 0.05) is 31.9 Å². The van der Waals surface area contributed by atoms with Crippen LogP contribution in [0.1, 0.15) is 36.4 Å². The van der Waals surface area contributed by atoms with E-state index in [1.54, 1.807) is 18.2 Å². The number of nitrogens with zero attached hydrogens (tertiary/aromatic N) is 2. The van der Waals surface area contributed by atoms with Gasteiger partial charge in [0.2, 0.25) is 5.91 Å². The van der Waals surface area contributed by atoms with Crippen LogP contribution in [-0.2, 0) is 14.3 Å². The lowest BCUT2D eigenvalue weighted by Crippen LogP contribution is -2.52. The lowest BCUT2D eigenvalue weighted by molar-refractivity contribution is -0.125. The molecule has 4 rings (SSSR count). The Balaban J connectivity index is 1.50. The van der Waals surface area contributed by atoms with Gasteiger partial charge in [-0.15, -0.1) is 11.3 Å². The van der Waals surface area contributed by atoms with E-state index in [4.69, 9.17) is 16.3 Å². The molecule has 0 spiro atoms. The van der Waals surface area contributed by atoms with Gasteiger partial charge < -0.3 is 20.3 Å². The summed E-state index contributed by atoms with van der Waals surface area (Å²) >= 11 is 7.13. The number of amides is 3. The van der Waals surface area contributed by atoms with Crippen molar-refractivity contribution < 1.29 is 23.5 Å². The maximum atomic E-state index is 15.0. The third-order valence-electron chi connectivity index (χ3n) is 6.29. The Kier molecular flexibility index (Phi) is 9.17. The molecule has 1 aromatic carbocycles. The summed E-state index contributed by atoms with van der Waals surface area (Å²) in [6.07, 6.45) is 2.22. The summed E-state index contributed by atoms with van der Waals surface area (Å²) in [7, 11) is 0. The van der Waals surface area contributed by atoms with Gasteiger partial charge in [-0.1, -0.05) is 25.4 Å². The van der Waals surface area contributed by atoms with E-state index in [-0.39, 0.29) is 30.7 Å². The van der Waals surface area contributed by atoms with Crippen LogP contribution in [0.3, 0.4) is 0 Å². The minimum atomic E-state index is -0.692. The molecule has 0 radical (unpaired) electrons. The van der Waals surface area contributed by atoms with E-state index in [1.807, 2.05) is 0 Å². The molecule has 2 N–H and O–H groups in total. The van der Waals surface area contributed by atoms with Crippen LogP contribution >= 0.6 is 22.9 Å². The molecule has 1 aromatic heterocycles. The standard InChI is InChI=1S/C26H32ClFN4O4S/c1-16(2)13-31(14-17-3-4-17)21(12-29-26(35)22-7-8-23(27)37-22)25(34)30-20-6-5-18(11-19(20)28)32-9-10-36-15-24(32)33/h5-8,11,16-17,21H,3-4,9-10,12-15H2,1-2H3,(H,29,35)(H,30,34)/t21-/m0/s1. The summed E-state index contributed by atoms with van der Waals surface area (Å²) in [5.41, 5.74) is 0.434. The molecule has 2 heterocycles. The van der Waals surface area contributed by atoms with Gasteiger partial charge in [0.15, 0.2) is 0 Å². The van der Waals surface area contributed by atoms with Crippen molar-refractivity contribution in [2.24, 2.45) is 11.8 Å². The minimum absolute atomic E-state index is 0.0201. The normalized spacial score (nSPS) is 16.8. The number of carbonyl (C=O) groups is 3.